The minimum absolute atomic E-state index is 0.121. The van der Waals surface area contributed by atoms with Gasteiger partial charge in [-0.15, -0.1) is 0 Å². The largest absolute Gasteiger partial charge is 0.480 e. The fourth-order valence-corrected chi connectivity index (χ4v) is 1.42. The van der Waals surface area contributed by atoms with Gasteiger partial charge in [0.1, 0.15) is 5.54 Å². The van der Waals surface area contributed by atoms with Gasteiger partial charge in [-0.05, 0) is 34.1 Å². The molecule has 0 radical (unpaired) electrons. The maximum absolute atomic E-state index is 11.6. The van der Waals surface area contributed by atoms with E-state index in [9.17, 15) is 9.59 Å². The van der Waals surface area contributed by atoms with Crippen molar-refractivity contribution < 1.29 is 14.7 Å². The molecule has 1 atom stereocenters. The third-order valence-electron chi connectivity index (χ3n) is 2.42. The third kappa shape index (κ3) is 6.26. The van der Waals surface area contributed by atoms with Crippen LogP contribution in [0.5, 0.6) is 0 Å². The van der Waals surface area contributed by atoms with E-state index in [0.29, 0.717) is 12.8 Å². The highest BCUT2D eigenvalue weighted by atomic mass is 16.4. The predicted octanol–water partition coefficient (Wildman–Crippen LogP) is 1.13. The Bertz CT molecular complexity index is 284. The highest BCUT2D eigenvalue weighted by Gasteiger charge is 2.33. The lowest BCUT2D eigenvalue weighted by Crippen LogP contribution is -2.55. The molecule has 0 aromatic rings. The van der Waals surface area contributed by atoms with E-state index in [2.05, 4.69) is 10.6 Å². The van der Waals surface area contributed by atoms with E-state index in [0.717, 1.165) is 0 Å². The Balaban J connectivity index is 4.38. The molecule has 0 aliphatic rings. The molecular weight excluding hydrogens is 220 g/mol. The number of amides is 1. The summed E-state index contributed by atoms with van der Waals surface area (Å²) in [7, 11) is 0. The van der Waals surface area contributed by atoms with Crippen molar-refractivity contribution in [1.82, 2.24) is 10.6 Å². The standard InChI is InChI=1S/C12H24N2O3/c1-6-7-12(5,10(16)17)14-9(15)8-13-11(2,3)4/h13H,6-8H2,1-5H3,(H,14,15)(H,16,17). The second kappa shape index (κ2) is 6.00. The van der Waals surface area contributed by atoms with Crippen molar-refractivity contribution in [3.05, 3.63) is 0 Å². The summed E-state index contributed by atoms with van der Waals surface area (Å²) in [5.41, 5.74) is -1.34. The number of hydrogen-bond donors (Lipinski definition) is 3. The summed E-state index contributed by atoms with van der Waals surface area (Å²) in [4.78, 5) is 22.8. The molecule has 0 bridgehead atoms. The van der Waals surface area contributed by atoms with Crippen LogP contribution in [0, 0.1) is 0 Å². The van der Waals surface area contributed by atoms with E-state index in [1.54, 1.807) is 0 Å². The highest BCUT2D eigenvalue weighted by molar-refractivity contribution is 5.87. The van der Waals surface area contributed by atoms with Crippen molar-refractivity contribution in [2.75, 3.05) is 6.54 Å². The van der Waals surface area contributed by atoms with Gasteiger partial charge in [-0.3, -0.25) is 4.79 Å². The van der Waals surface area contributed by atoms with Gasteiger partial charge in [-0.1, -0.05) is 13.3 Å². The summed E-state index contributed by atoms with van der Waals surface area (Å²) in [5.74, 6) is -1.29. The molecule has 1 amide bonds. The molecule has 0 spiro atoms. The van der Waals surface area contributed by atoms with Crippen LogP contribution in [0.4, 0.5) is 0 Å². The molecule has 5 nitrogen and oxygen atoms in total. The quantitative estimate of drug-likeness (QED) is 0.654. The molecule has 0 aliphatic carbocycles. The first-order valence-electron chi connectivity index (χ1n) is 5.90. The van der Waals surface area contributed by atoms with Crippen LogP contribution in [0.15, 0.2) is 0 Å². The Morgan fingerprint density at radius 1 is 1.18 bits per heavy atom. The lowest BCUT2D eigenvalue weighted by molar-refractivity contribution is -0.147. The number of carbonyl (C=O) groups excluding carboxylic acids is 1. The topological polar surface area (TPSA) is 78.4 Å². The van der Waals surface area contributed by atoms with Crippen LogP contribution >= 0.6 is 0 Å². The third-order valence-corrected chi connectivity index (χ3v) is 2.42. The van der Waals surface area contributed by atoms with Crippen molar-refractivity contribution in [2.45, 2.75) is 58.5 Å². The van der Waals surface area contributed by atoms with Gasteiger partial charge in [-0.2, -0.15) is 0 Å². The molecule has 0 saturated carbocycles. The number of aliphatic carboxylic acids is 1. The lowest BCUT2D eigenvalue weighted by Gasteiger charge is -2.27. The number of hydrogen-bond acceptors (Lipinski definition) is 3. The molecule has 3 N–H and O–H groups in total. The zero-order valence-corrected chi connectivity index (χ0v) is 11.4. The van der Waals surface area contributed by atoms with Gasteiger partial charge in [0.2, 0.25) is 5.91 Å². The second-order valence-corrected chi connectivity index (χ2v) is 5.54. The smallest absolute Gasteiger partial charge is 0.329 e. The van der Waals surface area contributed by atoms with Gasteiger partial charge in [0.15, 0.2) is 0 Å². The van der Waals surface area contributed by atoms with E-state index < -0.39 is 11.5 Å². The molecule has 0 saturated heterocycles. The van der Waals surface area contributed by atoms with Gasteiger partial charge in [0, 0.05) is 5.54 Å². The van der Waals surface area contributed by atoms with E-state index in [4.69, 9.17) is 5.11 Å². The zero-order valence-electron chi connectivity index (χ0n) is 11.4. The molecule has 17 heavy (non-hydrogen) atoms. The lowest BCUT2D eigenvalue weighted by atomic mass is 9.96. The predicted molar refractivity (Wildman–Crippen MR) is 66.8 cm³/mol. The molecule has 0 aromatic heterocycles. The molecule has 0 aromatic carbocycles. The van der Waals surface area contributed by atoms with E-state index in [1.165, 1.54) is 6.92 Å². The Morgan fingerprint density at radius 3 is 2.06 bits per heavy atom. The normalized spacial score (nSPS) is 15.1. The summed E-state index contributed by atoms with van der Waals surface area (Å²) >= 11 is 0. The Kier molecular flexibility index (Phi) is 5.61. The van der Waals surface area contributed by atoms with Crippen LogP contribution in [-0.4, -0.2) is 34.6 Å². The summed E-state index contributed by atoms with van der Waals surface area (Å²) < 4.78 is 0. The molecule has 100 valence electrons. The first-order valence-corrected chi connectivity index (χ1v) is 5.90. The zero-order chi connectivity index (χ0) is 13.7. The summed E-state index contributed by atoms with van der Waals surface area (Å²) in [6, 6.07) is 0. The minimum Gasteiger partial charge on any atom is -0.480 e. The van der Waals surface area contributed by atoms with Crippen molar-refractivity contribution in [2.24, 2.45) is 0 Å². The maximum atomic E-state index is 11.6. The average molecular weight is 244 g/mol. The van der Waals surface area contributed by atoms with Crippen molar-refractivity contribution in [1.29, 1.82) is 0 Å². The molecular formula is C12H24N2O3. The fraction of sp³-hybridized carbons (Fsp3) is 0.833. The number of carbonyl (C=O) groups is 2. The monoisotopic (exact) mass is 244 g/mol. The first kappa shape index (κ1) is 15.9. The van der Waals surface area contributed by atoms with Gasteiger partial charge in [0.25, 0.3) is 0 Å². The van der Waals surface area contributed by atoms with Gasteiger partial charge < -0.3 is 15.7 Å². The van der Waals surface area contributed by atoms with Gasteiger partial charge in [0.05, 0.1) is 6.54 Å². The van der Waals surface area contributed by atoms with E-state index in [-0.39, 0.29) is 18.0 Å². The Morgan fingerprint density at radius 2 is 1.71 bits per heavy atom. The summed E-state index contributed by atoms with van der Waals surface area (Å²) in [6.07, 6.45) is 1.12. The Labute approximate surface area is 103 Å². The fourth-order valence-electron chi connectivity index (χ4n) is 1.42. The molecule has 0 fully saturated rings. The maximum Gasteiger partial charge on any atom is 0.329 e. The molecule has 0 heterocycles. The highest BCUT2D eigenvalue weighted by Crippen LogP contribution is 2.12. The number of nitrogens with one attached hydrogen (secondary N) is 2. The Hall–Kier alpha value is -1.10. The van der Waals surface area contributed by atoms with Crippen molar-refractivity contribution in [3.8, 4) is 0 Å². The minimum atomic E-state index is -1.18. The van der Waals surface area contributed by atoms with Gasteiger partial charge in [-0.25, -0.2) is 4.79 Å². The molecule has 0 rings (SSSR count). The molecule has 0 aliphatic heterocycles. The van der Waals surface area contributed by atoms with Crippen molar-refractivity contribution in [3.63, 3.8) is 0 Å². The number of carboxylic acid groups (broad SMARTS) is 1. The summed E-state index contributed by atoms with van der Waals surface area (Å²) in [6.45, 7) is 9.39. The van der Waals surface area contributed by atoms with Crippen LogP contribution in [-0.2, 0) is 9.59 Å². The van der Waals surface area contributed by atoms with Crippen LogP contribution < -0.4 is 10.6 Å². The van der Waals surface area contributed by atoms with E-state index in [1.807, 2.05) is 27.7 Å². The number of carboxylic acids is 1. The average Bonchev–Trinajstić information content (AvgIpc) is 2.13. The van der Waals surface area contributed by atoms with Crippen molar-refractivity contribution >= 4 is 11.9 Å². The second-order valence-electron chi connectivity index (χ2n) is 5.54. The number of rotatable bonds is 6. The van der Waals surface area contributed by atoms with Gasteiger partial charge >= 0.3 is 5.97 Å². The molecule has 5 heteroatoms. The SMILES string of the molecule is CCCC(C)(NC(=O)CNC(C)(C)C)C(=O)O. The first-order chi connectivity index (χ1) is 7.60. The van der Waals surface area contributed by atoms with Crippen LogP contribution in [0.1, 0.15) is 47.5 Å². The molecule has 1 unspecified atom stereocenters. The van der Waals surface area contributed by atoms with Crippen LogP contribution in [0.2, 0.25) is 0 Å². The van der Waals surface area contributed by atoms with Crippen LogP contribution in [0.25, 0.3) is 0 Å². The summed E-state index contributed by atoms with van der Waals surface area (Å²) in [5, 5.41) is 14.7. The van der Waals surface area contributed by atoms with E-state index >= 15 is 0 Å². The van der Waals surface area contributed by atoms with Crippen LogP contribution in [0.3, 0.4) is 0 Å².